The zero-order valence-corrected chi connectivity index (χ0v) is 18.9. The molecule has 0 saturated carbocycles. The molecule has 1 N–H and O–H groups in total. The molecule has 1 aliphatic rings. The quantitative estimate of drug-likeness (QED) is 0.259. The van der Waals surface area contributed by atoms with Crippen molar-refractivity contribution in [3.63, 3.8) is 0 Å². The van der Waals surface area contributed by atoms with Crippen LogP contribution in [0, 0.1) is 0 Å². The van der Waals surface area contributed by atoms with E-state index in [1.807, 2.05) is 12.2 Å². The molecule has 0 bridgehead atoms. The SMILES string of the molecule is CCCCCCC[C@@H](CC=CCCC(=O)NCC(=CCl)C1=CCCCC1=O)OC. The Bertz CT molecular complexity index is 581. The van der Waals surface area contributed by atoms with Crippen molar-refractivity contribution in [1.29, 1.82) is 0 Å². The van der Waals surface area contributed by atoms with Gasteiger partial charge in [0.1, 0.15) is 0 Å². The molecule has 1 atom stereocenters. The summed E-state index contributed by atoms with van der Waals surface area (Å²) in [5.41, 5.74) is 2.76. The number of unbranched alkanes of at least 4 members (excludes halogenated alkanes) is 4. The maximum Gasteiger partial charge on any atom is 0.220 e. The maximum absolute atomic E-state index is 12.1. The summed E-state index contributed by atoms with van der Waals surface area (Å²) >= 11 is 5.87. The molecule has 4 nitrogen and oxygen atoms in total. The average molecular weight is 424 g/mol. The minimum atomic E-state index is -0.0336. The van der Waals surface area contributed by atoms with Gasteiger partial charge < -0.3 is 10.1 Å². The van der Waals surface area contributed by atoms with Crippen molar-refractivity contribution in [2.24, 2.45) is 0 Å². The zero-order valence-electron chi connectivity index (χ0n) is 18.2. The zero-order chi connectivity index (χ0) is 21.3. The third kappa shape index (κ3) is 11.4. The minimum Gasteiger partial charge on any atom is -0.381 e. The van der Waals surface area contributed by atoms with E-state index in [1.165, 1.54) is 37.6 Å². The fraction of sp³-hybridized carbons (Fsp3) is 0.667. The Kier molecular flexibility index (Phi) is 14.5. The molecule has 0 aromatic rings. The van der Waals surface area contributed by atoms with E-state index in [1.54, 1.807) is 7.11 Å². The topological polar surface area (TPSA) is 55.4 Å². The lowest BCUT2D eigenvalue weighted by atomic mass is 9.93. The highest BCUT2D eigenvalue weighted by Crippen LogP contribution is 2.21. The van der Waals surface area contributed by atoms with Crippen molar-refractivity contribution in [1.82, 2.24) is 5.32 Å². The van der Waals surface area contributed by atoms with Gasteiger partial charge in [0, 0.05) is 37.6 Å². The van der Waals surface area contributed by atoms with Gasteiger partial charge in [-0.2, -0.15) is 0 Å². The Morgan fingerprint density at radius 1 is 1.28 bits per heavy atom. The summed E-state index contributed by atoms with van der Waals surface area (Å²) in [7, 11) is 1.77. The van der Waals surface area contributed by atoms with Crippen LogP contribution in [-0.4, -0.2) is 31.4 Å². The predicted molar refractivity (Wildman–Crippen MR) is 121 cm³/mol. The molecule has 0 spiro atoms. The molecule has 0 aromatic carbocycles. The van der Waals surface area contributed by atoms with Crippen molar-refractivity contribution < 1.29 is 14.3 Å². The van der Waals surface area contributed by atoms with E-state index in [-0.39, 0.29) is 17.8 Å². The van der Waals surface area contributed by atoms with Crippen LogP contribution < -0.4 is 5.32 Å². The number of nitrogens with one attached hydrogen (secondary N) is 1. The number of ether oxygens (including phenoxy) is 1. The molecular formula is C24H38ClNO3. The fourth-order valence-corrected chi connectivity index (χ4v) is 3.62. The summed E-state index contributed by atoms with van der Waals surface area (Å²) < 4.78 is 5.55. The van der Waals surface area contributed by atoms with E-state index in [9.17, 15) is 9.59 Å². The summed E-state index contributed by atoms with van der Waals surface area (Å²) in [4.78, 5) is 24.0. The van der Waals surface area contributed by atoms with E-state index in [0.29, 0.717) is 37.0 Å². The van der Waals surface area contributed by atoms with Crippen LogP contribution in [0.4, 0.5) is 0 Å². The summed E-state index contributed by atoms with van der Waals surface area (Å²) in [6.07, 6.45) is 18.2. The van der Waals surface area contributed by atoms with Gasteiger partial charge in [-0.25, -0.2) is 0 Å². The number of amides is 1. The molecule has 0 heterocycles. The molecule has 164 valence electrons. The molecule has 0 fully saturated rings. The van der Waals surface area contributed by atoms with Gasteiger partial charge in [0.05, 0.1) is 6.10 Å². The first kappa shape index (κ1) is 25.6. The molecule has 0 radical (unpaired) electrons. The van der Waals surface area contributed by atoms with Crippen LogP contribution in [0.3, 0.4) is 0 Å². The number of ketones is 1. The van der Waals surface area contributed by atoms with Gasteiger partial charge in [-0.05, 0) is 37.7 Å². The van der Waals surface area contributed by atoms with Crippen molar-refractivity contribution in [3.8, 4) is 0 Å². The average Bonchev–Trinajstić information content (AvgIpc) is 2.73. The van der Waals surface area contributed by atoms with Gasteiger partial charge in [-0.1, -0.05) is 68.9 Å². The molecule has 0 aliphatic heterocycles. The number of hydrogen-bond acceptors (Lipinski definition) is 3. The lowest BCUT2D eigenvalue weighted by Crippen LogP contribution is -2.27. The highest BCUT2D eigenvalue weighted by atomic mass is 35.5. The summed E-state index contributed by atoms with van der Waals surface area (Å²) in [5, 5.41) is 2.86. The number of halogens is 1. The van der Waals surface area contributed by atoms with Crippen LogP contribution in [-0.2, 0) is 14.3 Å². The van der Waals surface area contributed by atoms with E-state index < -0.39 is 0 Å². The molecule has 5 heteroatoms. The first-order valence-electron chi connectivity index (χ1n) is 11.1. The third-order valence-electron chi connectivity index (χ3n) is 5.28. The van der Waals surface area contributed by atoms with Crippen molar-refractivity contribution in [3.05, 3.63) is 34.9 Å². The smallest absolute Gasteiger partial charge is 0.220 e. The van der Waals surface area contributed by atoms with Crippen LogP contribution in [0.2, 0.25) is 0 Å². The van der Waals surface area contributed by atoms with E-state index in [0.717, 1.165) is 25.7 Å². The Balaban J connectivity index is 2.21. The van der Waals surface area contributed by atoms with Gasteiger partial charge in [0.25, 0.3) is 0 Å². The minimum absolute atomic E-state index is 0.0336. The lowest BCUT2D eigenvalue weighted by Gasteiger charge is -2.15. The lowest BCUT2D eigenvalue weighted by molar-refractivity contribution is -0.121. The van der Waals surface area contributed by atoms with Crippen LogP contribution in [0.15, 0.2) is 34.9 Å². The van der Waals surface area contributed by atoms with Crippen LogP contribution in [0.25, 0.3) is 0 Å². The summed E-state index contributed by atoms with van der Waals surface area (Å²) in [6, 6.07) is 0. The fourth-order valence-electron chi connectivity index (χ4n) is 3.43. The number of carbonyl (C=O) groups is 2. The standard InChI is InChI=1S/C24H38ClNO3/c1-3-4-5-6-8-13-21(29-2)14-9-7-10-17-24(28)26-19-20(18-25)22-15-11-12-16-23(22)27/h7,9,15,18,21H,3-6,8,10-14,16-17,19H2,1-2H3,(H,26,28)/t21-/m0/s1. The van der Waals surface area contributed by atoms with Gasteiger partial charge in [0.2, 0.25) is 5.91 Å². The molecule has 1 rings (SSSR count). The highest BCUT2D eigenvalue weighted by molar-refractivity contribution is 6.26. The van der Waals surface area contributed by atoms with Gasteiger partial charge in [0.15, 0.2) is 5.78 Å². The number of methoxy groups -OCH3 is 1. The van der Waals surface area contributed by atoms with Gasteiger partial charge >= 0.3 is 0 Å². The molecule has 1 amide bonds. The Morgan fingerprint density at radius 3 is 2.76 bits per heavy atom. The Labute approximate surface area is 181 Å². The number of Topliss-reactive ketones (excluding diaryl/α,β-unsaturated/α-hetero) is 1. The number of carbonyl (C=O) groups excluding carboxylic acids is 2. The molecule has 29 heavy (non-hydrogen) atoms. The van der Waals surface area contributed by atoms with E-state index >= 15 is 0 Å². The summed E-state index contributed by atoms with van der Waals surface area (Å²) in [5.74, 6) is 0.0760. The number of hydrogen-bond donors (Lipinski definition) is 1. The van der Waals surface area contributed by atoms with Gasteiger partial charge in [-0.15, -0.1) is 0 Å². The van der Waals surface area contributed by atoms with E-state index in [4.69, 9.17) is 16.3 Å². The number of allylic oxidation sites excluding steroid dienone is 2. The van der Waals surface area contributed by atoms with Crippen molar-refractivity contribution >= 4 is 23.3 Å². The van der Waals surface area contributed by atoms with Crippen LogP contribution in [0.5, 0.6) is 0 Å². The second kappa shape index (κ2) is 16.4. The number of rotatable bonds is 15. The first-order chi connectivity index (χ1) is 14.1. The van der Waals surface area contributed by atoms with Crippen molar-refractivity contribution in [2.75, 3.05) is 13.7 Å². The van der Waals surface area contributed by atoms with Crippen molar-refractivity contribution in [2.45, 2.75) is 90.1 Å². The predicted octanol–water partition coefficient (Wildman–Crippen LogP) is 6.01. The Hall–Kier alpha value is -1.39. The molecule has 1 aliphatic carbocycles. The Morgan fingerprint density at radius 2 is 2.07 bits per heavy atom. The van der Waals surface area contributed by atoms with Crippen LogP contribution in [0.1, 0.15) is 84.0 Å². The molecule has 0 aromatic heterocycles. The second-order valence-electron chi connectivity index (χ2n) is 7.65. The van der Waals surface area contributed by atoms with E-state index in [2.05, 4.69) is 18.3 Å². The molecule has 0 saturated heterocycles. The largest absolute Gasteiger partial charge is 0.381 e. The third-order valence-corrected chi connectivity index (χ3v) is 5.54. The molecular weight excluding hydrogens is 386 g/mol. The summed E-state index contributed by atoms with van der Waals surface area (Å²) in [6.45, 7) is 2.53. The van der Waals surface area contributed by atoms with Gasteiger partial charge in [-0.3, -0.25) is 9.59 Å². The normalized spacial score (nSPS) is 16.2. The van der Waals surface area contributed by atoms with Crippen LogP contribution >= 0.6 is 11.6 Å². The first-order valence-corrected chi connectivity index (χ1v) is 11.5. The highest BCUT2D eigenvalue weighted by Gasteiger charge is 2.17. The maximum atomic E-state index is 12.1. The molecule has 0 unspecified atom stereocenters. The second-order valence-corrected chi connectivity index (χ2v) is 7.87. The monoisotopic (exact) mass is 423 g/mol.